The van der Waals surface area contributed by atoms with E-state index in [9.17, 15) is 10.2 Å². The van der Waals surface area contributed by atoms with Gasteiger partial charge in [-0.1, -0.05) is 0 Å². The standard InChI is InChI=1S/C17H19NO5/c1-17(2,20)14(19)9-23-10-4-5-13-12(8-10)15(21-3)11-6-7-22-16(11)18-13/h4-8,14,19-20H,9H2,1-3H3/t14-/m1/s1. The summed E-state index contributed by atoms with van der Waals surface area (Å²) < 4.78 is 16.4. The van der Waals surface area contributed by atoms with Crippen LogP contribution >= 0.6 is 0 Å². The van der Waals surface area contributed by atoms with Crippen molar-refractivity contribution in [2.24, 2.45) is 0 Å². The van der Waals surface area contributed by atoms with Gasteiger partial charge in [-0.15, -0.1) is 0 Å². The zero-order chi connectivity index (χ0) is 16.6. The number of benzene rings is 1. The molecule has 0 aliphatic rings. The zero-order valence-electron chi connectivity index (χ0n) is 13.2. The molecular weight excluding hydrogens is 298 g/mol. The van der Waals surface area contributed by atoms with Gasteiger partial charge in [-0.25, -0.2) is 4.98 Å². The fourth-order valence-corrected chi connectivity index (χ4v) is 2.30. The van der Waals surface area contributed by atoms with Crippen molar-refractivity contribution >= 4 is 22.0 Å². The highest BCUT2D eigenvalue weighted by atomic mass is 16.5. The predicted molar refractivity (Wildman–Crippen MR) is 85.9 cm³/mol. The first-order valence-corrected chi connectivity index (χ1v) is 7.28. The SMILES string of the molecule is COc1c2cc(OC[C@@H](O)C(C)(C)O)ccc2nc2occc12. The molecule has 6 heteroatoms. The van der Waals surface area contributed by atoms with Crippen molar-refractivity contribution in [2.45, 2.75) is 25.6 Å². The van der Waals surface area contributed by atoms with Crippen LogP contribution in [0.4, 0.5) is 0 Å². The van der Waals surface area contributed by atoms with Crippen LogP contribution in [0.2, 0.25) is 0 Å². The highest BCUT2D eigenvalue weighted by Crippen LogP contribution is 2.35. The molecule has 0 unspecified atom stereocenters. The van der Waals surface area contributed by atoms with Gasteiger partial charge in [0.15, 0.2) is 0 Å². The fraction of sp³-hybridized carbons (Fsp3) is 0.353. The lowest BCUT2D eigenvalue weighted by molar-refractivity contribution is -0.0661. The molecule has 0 radical (unpaired) electrons. The molecule has 0 bridgehead atoms. The molecule has 2 N–H and O–H groups in total. The number of aliphatic hydroxyl groups excluding tert-OH is 1. The number of aliphatic hydroxyl groups is 2. The van der Waals surface area contributed by atoms with Crippen molar-refractivity contribution in [2.75, 3.05) is 13.7 Å². The number of aromatic nitrogens is 1. The van der Waals surface area contributed by atoms with Gasteiger partial charge in [0.25, 0.3) is 0 Å². The topological polar surface area (TPSA) is 85.0 Å². The minimum Gasteiger partial charge on any atom is -0.495 e. The number of rotatable bonds is 5. The summed E-state index contributed by atoms with van der Waals surface area (Å²) in [5, 5.41) is 21.2. The molecule has 0 saturated heterocycles. The van der Waals surface area contributed by atoms with Crippen LogP contribution < -0.4 is 9.47 Å². The summed E-state index contributed by atoms with van der Waals surface area (Å²) in [5.41, 5.74) is 0.0131. The largest absolute Gasteiger partial charge is 0.495 e. The smallest absolute Gasteiger partial charge is 0.230 e. The highest BCUT2D eigenvalue weighted by molar-refractivity contribution is 5.99. The number of nitrogens with zero attached hydrogens (tertiary/aromatic N) is 1. The normalized spacial score (nSPS) is 13.4. The van der Waals surface area contributed by atoms with E-state index in [4.69, 9.17) is 13.9 Å². The Kier molecular flexibility index (Phi) is 3.87. The molecule has 23 heavy (non-hydrogen) atoms. The first kappa shape index (κ1) is 15.6. The Morgan fingerprint density at radius 3 is 2.74 bits per heavy atom. The van der Waals surface area contributed by atoms with Gasteiger partial charge >= 0.3 is 0 Å². The molecule has 3 aromatic rings. The summed E-state index contributed by atoms with van der Waals surface area (Å²) in [7, 11) is 1.59. The van der Waals surface area contributed by atoms with Crippen LogP contribution in [0.25, 0.3) is 22.0 Å². The quantitative estimate of drug-likeness (QED) is 0.752. The van der Waals surface area contributed by atoms with Gasteiger partial charge < -0.3 is 24.1 Å². The van der Waals surface area contributed by atoms with Crippen LogP contribution in [-0.2, 0) is 0 Å². The third-order valence-corrected chi connectivity index (χ3v) is 3.75. The number of pyridine rings is 1. The number of fused-ring (bicyclic) bond motifs is 2. The van der Waals surface area contributed by atoms with Gasteiger partial charge in [0.2, 0.25) is 5.71 Å². The maximum absolute atomic E-state index is 9.85. The van der Waals surface area contributed by atoms with Crippen molar-refractivity contribution < 1.29 is 24.1 Å². The third kappa shape index (κ3) is 2.95. The molecule has 3 rings (SSSR count). The molecule has 0 saturated carbocycles. The molecule has 1 atom stereocenters. The highest BCUT2D eigenvalue weighted by Gasteiger charge is 2.25. The van der Waals surface area contributed by atoms with Crippen molar-refractivity contribution in [3.63, 3.8) is 0 Å². The maximum Gasteiger partial charge on any atom is 0.230 e. The molecule has 1 aromatic carbocycles. The lowest BCUT2D eigenvalue weighted by Gasteiger charge is -2.24. The molecule has 2 heterocycles. The molecular formula is C17H19NO5. The van der Waals surface area contributed by atoms with E-state index in [1.165, 1.54) is 13.8 Å². The van der Waals surface area contributed by atoms with E-state index in [0.29, 0.717) is 17.2 Å². The fourth-order valence-electron chi connectivity index (χ4n) is 2.30. The summed E-state index contributed by atoms with van der Waals surface area (Å²) in [5.74, 6) is 1.22. The van der Waals surface area contributed by atoms with Gasteiger partial charge in [-0.3, -0.25) is 0 Å². The summed E-state index contributed by atoms with van der Waals surface area (Å²) >= 11 is 0. The number of furan rings is 1. The second-order valence-corrected chi connectivity index (χ2v) is 5.94. The van der Waals surface area contributed by atoms with Crippen LogP contribution in [-0.4, -0.2) is 40.6 Å². The maximum atomic E-state index is 9.85. The molecule has 0 fully saturated rings. The van der Waals surface area contributed by atoms with Gasteiger partial charge in [-0.05, 0) is 38.1 Å². The Balaban J connectivity index is 1.96. The van der Waals surface area contributed by atoms with Crippen LogP contribution in [0, 0.1) is 0 Å². The second-order valence-electron chi connectivity index (χ2n) is 5.94. The molecule has 0 aliphatic heterocycles. The average Bonchev–Trinajstić information content (AvgIpc) is 2.97. The van der Waals surface area contributed by atoms with Crippen LogP contribution in [0.3, 0.4) is 0 Å². The average molecular weight is 317 g/mol. The molecule has 6 nitrogen and oxygen atoms in total. The van der Waals surface area contributed by atoms with E-state index in [0.717, 1.165) is 16.3 Å². The van der Waals surface area contributed by atoms with Gasteiger partial charge in [-0.2, -0.15) is 0 Å². The van der Waals surface area contributed by atoms with Crippen LogP contribution in [0.1, 0.15) is 13.8 Å². The zero-order valence-corrected chi connectivity index (χ0v) is 13.2. The number of methoxy groups -OCH3 is 1. The number of ether oxygens (including phenoxy) is 2. The number of hydrogen-bond acceptors (Lipinski definition) is 6. The molecule has 0 aliphatic carbocycles. The third-order valence-electron chi connectivity index (χ3n) is 3.75. The van der Waals surface area contributed by atoms with Crippen molar-refractivity contribution in [3.05, 3.63) is 30.5 Å². The summed E-state index contributed by atoms with van der Waals surface area (Å²) in [6.07, 6.45) is 0.575. The summed E-state index contributed by atoms with van der Waals surface area (Å²) in [6.45, 7) is 3.05. The second kappa shape index (κ2) is 5.72. The lowest BCUT2D eigenvalue weighted by atomic mass is 10.0. The van der Waals surface area contributed by atoms with Crippen molar-refractivity contribution in [1.82, 2.24) is 4.98 Å². The van der Waals surface area contributed by atoms with Crippen LogP contribution in [0.5, 0.6) is 11.5 Å². The monoisotopic (exact) mass is 317 g/mol. The predicted octanol–water partition coefficient (Wildman–Crippen LogP) is 2.50. The van der Waals surface area contributed by atoms with Gasteiger partial charge in [0, 0.05) is 5.39 Å². The molecule has 0 spiro atoms. The molecule has 122 valence electrons. The lowest BCUT2D eigenvalue weighted by Crippen LogP contribution is -2.40. The Morgan fingerprint density at radius 1 is 1.26 bits per heavy atom. The van der Waals surface area contributed by atoms with Gasteiger partial charge in [0.05, 0.1) is 29.9 Å². The Hall–Kier alpha value is -2.31. The first-order valence-electron chi connectivity index (χ1n) is 7.28. The van der Waals surface area contributed by atoms with Crippen molar-refractivity contribution in [1.29, 1.82) is 0 Å². The molecule has 0 amide bonds. The Bertz CT molecular complexity index is 834. The minimum absolute atomic E-state index is 0.0152. The van der Waals surface area contributed by atoms with E-state index >= 15 is 0 Å². The van der Waals surface area contributed by atoms with Crippen molar-refractivity contribution in [3.8, 4) is 11.5 Å². The summed E-state index contributed by atoms with van der Waals surface area (Å²) in [6, 6.07) is 7.14. The van der Waals surface area contributed by atoms with E-state index in [1.54, 1.807) is 37.6 Å². The minimum atomic E-state index is -1.22. The van der Waals surface area contributed by atoms with Gasteiger partial charge in [0.1, 0.15) is 24.2 Å². The van der Waals surface area contributed by atoms with E-state index in [2.05, 4.69) is 4.98 Å². The van der Waals surface area contributed by atoms with E-state index in [1.807, 2.05) is 0 Å². The number of hydrogen-bond donors (Lipinski definition) is 2. The first-order chi connectivity index (χ1) is 10.9. The van der Waals surface area contributed by atoms with E-state index < -0.39 is 11.7 Å². The molecule has 2 aromatic heterocycles. The van der Waals surface area contributed by atoms with E-state index in [-0.39, 0.29) is 6.61 Å². The van der Waals surface area contributed by atoms with Crippen LogP contribution in [0.15, 0.2) is 34.9 Å². The summed E-state index contributed by atoms with van der Waals surface area (Å²) in [4.78, 5) is 4.43. The Morgan fingerprint density at radius 2 is 2.04 bits per heavy atom. The Labute approximate surface area is 133 Å².